The summed E-state index contributed by atoms with van der Waals surface area (Å²) >= 11 is 0. The number of carbonyl (C=O) groups is 1. The van der Waals surface area contributed by atoms with Gasteiger partial charge in [0.25, 0.3) is 0 Å². The molecular formula is C9H14O2. The van der Waals surface area contributed by atoms with E-state index in [2.05, 4.69) is 6.58 Å². The smallest absolute Gasteiger partial charge is 0.333 e. The third-order valence-electron chi connectivity index (χ3n) is 2.10. The SMILES string of the molecule is C=C(C)C(=O)OC1(C)CCC1. The first-order valence-corrected chi connectivity index (χ1v) is 3.92. The van der Waals surface area contributed by atoms with Crippen LogP contribution in [-0.2, 0) is 9.53 Å². The Kier molecular flexibility index (Phi) is 2.03. The summed E-state index contributed by atoms with van der Waals surface area (Å²) in [5.41, 5.74) is 0.300. The second kappa shape index (κ2) is 2.68. The van der Waals surface area contributed by atoms with E-state index in [0.29, 0.717) is 5.57 Å². The quantitative estimate of drug-likeness (QED) is 0.449. The van der Waals surface area contributed by atoms with Crippen molar-refractivity contribution >= 4 is 5.97 Å². The predicted molar refractivity (Wildman–Crippen MR) is 43.2 cm³/mol. The maximum atomic E-state index is 11.0. The van der Waals surface area contributed by atoms with E-state index < -0.39 is 0 Å². The monoisotopic (exact) mass is 154 g/mol. The molecule has 62 valence electrons. The highest BCUT2D eigenvalue weighted by molar-refractivity contribution is 5.87. The minimum atomic E-state index is -0.257. The molecule has 0 amide bonds. The van der Waals surface area contributed by atoms with E-state index in [1.807, 2.05) is 6.92 Å². The summed E-state index contributed by atoms with van der Waals surface area (Å²) in [6.45, 7) is 7.16. The van der Waals surface area contributed by atoms with Gasteiger partial charge < -0.3 is 4.74 Å². The molecule has 1 saturated carbocycles. The third-order valence-corrected chi connectivity index (χ3v) is 2.10. The zero-order valence-electron chi connectivity index (χ0n) is 7.14. The Bertz CT molecular complexity index is 190. The molecule has 0 aromatic carbocycles. The second-order valence-corrected chi connectivity index (χ2v) is 3.47. The first-order valence-electron chi connectivity index (χ1n) is 3.92. The van der Waals surface area contributed by atoms with E-state index in [1.54, 1.807) is 6.92 Å². The van der Waals surface area contributed by atoms with Crippen molar-refractivity contribution in [3.63, 3.8) is 0 Å². The third kappa shape index (κ3) is 1.82. The molecule has 1 fully saturated rings. The van der Waals surface area contributed by atoms with Crippen LogP contribution in [0.5, 0.6) is 0 Å². The van der Waals surface area contributed by atoms with E-state index in [1.165, 1.54) is 6.42 Å². The molecule has 1 aliphatic carbocycles. The standard InChI is InChI=1S/C9H14O2/c1-7(2)8(10)11-9(3)5-4-6-9/h1,4-6H2,2-3H3. The molecule has 0 aromatic heterocycles. The van der Waals surface area contributed by atoms with Crippen LogP contribution < -0.4 is 0 Å². The van der Waals surface area contributed by atoms with Crippen LogP contribution in [0.1, 0.15) is 33.1 Å². The lowest BCUT2D eigenvalue weighted by Crippen LogP contribution is -2.38. The molecule has 0 N–H and O–H groups in total. The van der Waals surface area contributed by atoms with Gasteiger partial charge in [-0.15, -0.1) is 0 Å². The normalized spacial score (nSPS) is 20.2. The van der Waals surface area contributed by atoms with Gasteiger partial charge in [-0.05, 0) is 33.1 Å². The van der Waals surface area contributed by atoms with Gasteiger partial charge >= 0.3 is 5.97 Å². The van der Waals surface area contributed by atoms with Crippen LogP contribution in [0.4, 0.5) is 0 Å². The number of ether oxygens (including phenoxy) is 1. The van der Waals surface area contributed by atoms with E-state index >= 15 is 0 Å². The highest BCUT2D eigenvalue weighted by Gasteiger charge is 2.35. The molecule has 2 nitrogen and oxygen atoms in total. The summed E-state index contributed by atoms with van der Waals surface area (Å²) in [5.74, 6) is -0.257. The summed E-state index contributed by atoms with van der Waals surface area (Å²) in [6.07, 6.45) is 3.15. The zero-order valence-corrected chi connectivity index (χ0v) is 7.14. The molecule has 0 atom stereocenters. The Balaban J connectivity index is 2.41. The molecule has 0 bridgehead atoms. The average Bonchev–Trinajstić information content (AvgIpc) is 1.84. The Morgan fingerprint density at radius 1 is 1.55 bits per heavy atom. The van der Waals surface area contributed by atoms with Crippen molar-refractivity contribution in [2.45, 2.75) is 38.7 Å². The lowest BCUT2D eigenvalue weighted by Gasteiger charge is -2.37. The summed E-state index contributed by atoms with van der Waals surface area (Å²) in [5, 5.41) is 0. The Labute approximate surface area is 67.2 Å². The van der Waals surface area contributed by atoms with Gasteiger partial charge in [0.05, 0.1) is 0 Å². The van der Waals surface area contributed by atoms with Crippen LogP contribution in [0.3, 0.4) is 0 Å². The molecule has 0 aliphatic heterocycles. The fraction of sp³-hybridized carbons (Fsp3) is 0.667. The lowest BCUT2D eigenvalue weighted by atomic mass is 9.82. The summed E-state index contributed by atoms with van der Waals surface area (Å²) in [6, 6.07) is 0. The zero-order chi connectivity index (χ0) is 8.48. The van der Waals surface area contributed by atoms with Crippen molar-refractivity contribution in [2.24, 2.45) is 0 Å². The molecule has 1 rings (SSSR count). The van der Waals surface area contributed by atoms with Gasteiger partial charge in [-0.2, -0.15) is 0 Å². The molecule has 0 aromatic rings. The molecule has 0 radical (unpaired) electrons. The highest BCUT2D eigenvalue weighted by Crippen LogP contribution is 2.35. The van der Waals surface area contributed by atoms with Crippen molar-refractivity contribution in [1.82, 2.24) is 0 Å². The van der Waals surface area contributed by atoms with Crippen LogP contribution in [0.2, 0.25) is 0 Å². The van der Waals surface area contributed by atoms with Crippen LogP contribution in [0.25, 0.3) is 0 Å². The van der Waals surface area contributed by atoms with Crippen molar-refractivity contribution in [3.05, 3.63) is 12.2 Å². The fourth-order valence-electron chi connectivity index (χ4n) is 1.09. The van der Waals surface area contributed by atoms with Gasteiger partial charge in [0.15, 0.2) is 0 Å². The van der Waals surface area contributed by atoms with Crippen LogP contribution in [0, 0.1) is 0 Å². The van der Waals surface area contributed by atoms with Gasteiger partial charge in [-0.1, -0.05) is 6.58 Å². The predicted octanol–water partition coefficient (Wildman–Crippen LogP) is 2.05. The van der Waals surface area contributed by atoms with Crippen molar-refractivity contribution < 1.29 is 9.53 Å². The van der Waals surface area contributed by atoms with Gasteiger partial charge in [-0.25, -0.2) is 4.79 Å². The van der Waals surface area contributed by atoms with E-state index in [-0.39, 0.29) is 11.6 Å². The van der Waals surface area contributed by atoms with Gasteiger partial charge in [0.1, 0.15) is 5.60 Å². The number of carbonyl (C=O) groups excluding carboxylic acids is 1. The van der Waals surface area contributed by atoms with E-state index in [9.17, 15) is 4.79 Å². The van der Waals surface area contributed by atoms with Crippen molar-refractivity contribution in [2.75, 3.05) is 0 Å². The maximum Gasteiger partial charge on any atom is 0.333 e. The largest absolute Gasteiger partial charge is 0.456 e. The lowest BCUT2D eigenvalue weighted by molar-refractivity contribution is -0.161. The second-order valence-electron chi connectivity index (χ2n) is 3.47. The van der Waals surface area contributed by atoms with Crippen molar-refractivity contribution in [1.29, 1.82) is 0 Å². The minimum Gasteiger partial charge on any atom is -0.456 e. The molecular weight excluding hydrogens is 140 g/mol. The number of hydrogen-bond donors (Lipinski definition) is 0. The highest BCUT2D eigenvalue weighted by atomic mass is 16.6. The Morgan fingerprint density at radius 2 is 2.09 bits per heavy atom. The summed E-state index contributed by atoms with van der Waals surface area (Å²) < 4.78 is 5.20. The molecule has 1 aliphatic rings. The topological polar surface area (TPSA) is 26.3 Å². The molecule has 0 unspecified atom stereocenters. The van der Waals surface area contributed by atoms with E-state index in [0.717, 1.165) is 12.8 Å². The van der Waals surface area contributed by atoms with Gasteiger partial charge in [0, 0.05) is 5.57 Å². The number of esters is 1. The minimum absolute atomic E-state index is 0.184. The molecule has 2 heteroatoms. The first kappa shape index (κ1) is 8.31. The van der Waals surface area contributed by atoms with Crippen LogP contribution in [-0.4, -0.2) is 11.6 Å². The average molecular weight is 154 g/mol. The van der Waals surface area contributed by atoms with Crippen molar-refractivity contribution in [3.8, 4) is 0 Å². The maximum absolute atomic E-state index is 11.0. The van der Waals surface area contributed by atoms with Crippen LogP contribution >= 0.6 is 0 Å². The number of hydrogen-bond acceptors (Lipinski definition) is 2. The van der Waals surface area contributed by atoms with E-state index in [4.69, 9.17) is 4.74 Å². The first-order chi connectivity index (χ1) is 5.03. The van der Waals surface area contributed by atoms with Crippen LogP contribution in [0.15, 0.2) is 12.2 Å². The van der Waals surface area contributed by atoms with Gasteiger partial charge in [-0.3, -0.25) is 0 Å². The summed E-state index contributed by atoms with van der Waals surface area (Å²) in [7, 11) is 0. The molecule has 0 saturated heterocycles. The molecule has 11 heavy (non-hydrogen) atoms. The molecule has 0 heterocycles. The Hall–Kier alpha value is -0.790. The number of rotatable bonds is 2. The fourth-order valence-corrected chi connectivity index (χ4v) is 1.09. The Morgan fingerprint density at radius 3 is 2.36 bits per heavy atom. The van der Waals surface area contributed by atoms with Gasteiger partial charge in [0.2, 0.25) is 0 Å². The molecule has 0 spiro atoms. The summed E-state index contributed by atoms with van der Waals surface area (Å²) in [4.78, 5) is 11.0.